The maximum atomic E-state index is 11.9. The van der Waals surface area contributed by atoms with E-state index in [1.54, 1.807) is 6.92 Å². The number of rotatable bonds is 23. The highest BCUT2D eigenvalue weighted by atomic mass is 16.4. The second-order valence-corrected chi connectivity index (χ2v) is 10.1. The molecule has 0 aromatic heterocycles. The van der Waals surface area contributed by atoms with Crippen molar-refractivity contribution in [3.05, 3.63) is 12.2 Å². The van der Waals surface area contributed by atoms with Crippen molar-refractivity contribution >= 4 is 17.9 Å². The number of carboxylic acid groups (broad SMARTS) is 3. The van der Waals surface area contributed by atoms with E-state index in [1.165, 1.54) is 19.3 Å². The van der Waals surface area contributed by atoms with Crippen LogP contribution in [0.2, 0.25) is 0 Å². The molecule has 0 saturated heterocycles. The fraction of sp³-hybridized carbons (Fsp3) is 0.821. The molecule has 0 bridgehead atoms. The Labute approximate surface area is 213 Å². The number of aliphatic carboxylic acids is 3. The molecule has 7 nitrogen and oxygen atoms in total. The number of unbranched alkanes of at least 4 members (excludes halogenated alkanes) is 7. The molecule has 0 aromatic rings. The van der Waals surface area contributed by atoms with Gasteiger partial charge in [-0.1, -0.05) is 59.1 Å². The van der Waals surface area contributed by atoms with E-state index in [4.69, 9.17) is 0 Å². The first kappa shape index (κ1) is 33.1. The van der Waals surface area contributed by atoms with Gasteiger partial charge in [-0.05, 0) is 57.8 Å². The predicted molar refractivity (Wildman–Crippen MR) is 138 cm³/mol. The second-order valence-electron chi connectivity index (χ2n) is 10.1. The van der Waals surface area contributed by atoms with Crippen molar-refractivity contribution in [2.45, 2.75) is 105 Å². The number of nitrogens with zero attached hydrogens (tertiary/aromatic N) is 1. The van der Waals surface area contributed by atoms with Gasteiger partial charge in [0.15, 0.2) is 0 Å². The lowest BCUT2D eigenvalue weighted by Crippen LogP contribution is -2.59. The van der Waals surface area contributed by atoms with Crippen LogP contribution in [0.4, 0.5) is 0 Å². The van der Waals surface area contributed by atoms with Crippen molar-refractivity contribution in [2.24, 2.45) is 17.8 Å². The van der Waals surface area contributed by atoms with Crippen molar-refractivity contribution in [1.29, 1.82) is 0 Å². The maximum Gasteiger partial charge on any atom is 0.312 e. The Morgan fingerprint density at radius 1 is 0.686 bits per heavy atom. The Bertz CT molecular complexity index is 573. The van der Waals surface area contributed by atoms with Crippen LogP contribution in [0.15, 0.2) is 12.2 Å². The Morgan fingerprint density at radius 2 is 1.11 bits per heavy atom. The summed E-state index contributed by atoms with van der Waals surface area (Å²) in [5, 5.41) is 31.3. The van der Waals surface area contributed by atoms with Crippen molar-refractivity contribution in [2.75, 3.05) is 26.2 Å². The van der Waals surface area contributed by atoms with Crippen LogP contribution in [0.5, 0.6) is 0 Å². The van der Waals surface area contributed by atoms with Crippen molar-refractivity contribution < 1.29 is 34.2 Å². The van der Waals surface area contributed by atoms with Crippen LogP contribution in [0.3, 0.4) is 0 Å². The van der Waals surface area contributed by atoms with Crippen LogP contribution in [-0.4, -0.2) is 58.8 Å². The molecule has 204 valence electrons. The van der Waals surface area contributed by atoms with Gasteiger partial charge in [0.1, 0.15) is 11.8 Å². The summed E-state index contributed by atoms with van der Waals surface area (Å²) in [5.41, 5.74) is 0. The summed E-state index contributed by atoms with van der Waals surface area (Å²) in [4.78, 5) is 35.6. The number of hydrogen-bond acceptors (Lipinski definition) is 4. The van der Waals surface area contributed by atoms with E-state index in [0.29, 0.717) is 25.8 Å². The molecular weight excluding hydrogens is 446 g/mol. The molecular formula is C28H51NO6. The fourth-order valence-corrected chi connectivity index (χ4v) is 4.84. The second kappa shape index (κ2) is 19.3. The minimum atomic E-state index is -1.15. The molecule has 0 saturated carbocycles. The Morgan fingerprint density at radius 3 is 1.51 bits per heavy atom. The number of hydrogen-bond donors (Lipinski definition) is 2. The Balaban J connectivity index is 5.38. The Hall–Kier alpha value is -1.89. The van der Waals surface area contributed by atoms with Crippen LogP contribution >= 0.6 is 0 Å². The lowest BCUT2D eigenvalue weighted by atomic mass is 9.95. The molecule has 0 aliphatic heterocycles. The molecule has 0 radical (unpaired) electrons. The van der Waals surface area contributed by atoms with Crippen molar-refractivity contribution in [3.63, 3.8) is 0 Å². The zero-order chi connectivity index (χ0) is 26.7. The summed E-state index contributed by atoms with van der Waals surface area (Å²) >= 11 is 0. The number of carbonyl (C=O) groups excluding carboxylic acids is 1. The minimum Gasteiger partial charge on any atom is -0.550 e. The summed E-state index contributed by atoms with van der Waals surface area (Å²) in [7, 11) is 0. The molecule has 0 rings (SSSR count). The van der Waals surface area contributed by atoms with Crippen LogP contribution in [0, 0.1) is 17.8 Å². The summed E-state index contributed by atoms with van der Waals surface area (Å²) in [5.74, 6) is -4.98. The molecule has 0 spiro atoms. The van der Waals surface area contributed by atoms with E-state index in [0.717, 1.165) is 38.5 Å². The molecule has 0 aromatic carbocycles. The van der Waals surface area contributed by atoms with Gasteiger partial charge in [-0.3, -0.25) is 9.59 Å². The van der Waals surface area contributed by atoms with Gasteiger partial charge in [-0.2, -0.15) is 0 Å². The van der Waals surface area contributed by atoms with E-state index >= 15 is 0 Å². The number of quaternary nitrogens is 1. The average molecular weight is 498 g/mol. The van der Waals surface area contributed by atoms with Gasteiger partial charge in [0.05, 0.1) is 32.1 Å². The molecule has 0 aliphatic rings. The minimum absolute atomic E-state index is 0.208. The van der Waals surface area contributed by atoms with Gasteiger partial charge in [0, 0.05) is 5.92 Å². The zero-order valence-corrected chi connectivity index (χ0v) is 22.7. The molecule has 0 heterocycles. The van der Waals surface area contributed by atoms with E-state index in [1.807, 2.05) is 13.8 Å². The third-order valence-electron chi connectivity index (χ3n) is 7.23. The molecule has 35 heavy (non-hydrogen) atoms. The van der Waals surface area contributed by atoms with E-state index in [9.17, 15) is 29.7 Å². The molecule has 7 heteroatoms. The maximum absolute atomic E-state index is 11.9. The molecule has 3 atom stereocenters. The van der Waals surface area contributed by atoms with Crippen LogP contribution in [0.1, 0.15) is 105 Å². The number of allylic oxidation sites excluding steroid dienone is 2. The van der Waals surface area contributed by atoms with E-state index < -0.39 is 35.7 Å². The average Bonchev–Trinajstić information content (AvgIpc) is 2.82. The summed E-state index contributed by atoms with van der Waals surface area (Å²) in [6.45, 7) is 8.92. The number of carboxylic acids is 3. The normalized spacial score (nSPS) is 16.0. The van der Waals surface area contributed by atoms with Gasteiger partial charge in [-0.25, -0.2) is 0 Å². The number of carbonyl (C=O) groups is 3. The zero-order valence-electron chi connectivity index (χ0n) is 22.7. The summed E-state index contributed by atoms with van der Waals surface area (Å²) in [6, 6.07) is 0. The first-order chi connectivity index (χ1) is 16.7. The molecule has 0 amide bonds. The SMILES string of the molecule is CCCCC/C=C/CCCCCC[N+](CC(CC)C(=O)[O-])(CC(CC)C(=O)O)CC(CC)C(=O)O. The van der Waals surface area contributed by atoms with Crippen molar-refractivity contribution in [3.8, 4) is 0 Å². The lowest BCUT2D eigenvalue weighted by molar-refractivity contribution is -0.935. The lowest BCUT2D eigenvalue weighted by Gasteiger charge is -2.44. The van der Waals surface area contributed by atoms with E-state index in [-0.39, 0.29) is 24.1 Å². The van der Waals surface area contributed by atoms with E-state index in [2.05, 4.69) is 19.1 Å². The third-order valence-corrected chi connectivity index (χ3v) is 7.23. The highest BCUT2D eigenvalue weighted by Crippen LogP contribution is 2.25. The smallest absolute Gasteiger partial charge is 0.312 e. The fourth-order valence-electron chi connectivity index (χ4n) is 4.84. The first-order valence-electron chi connectivity index (χ1n) is 13.8. The monoisotopic (exact) mass is 497 g/mol. The van der Waals surface area contributed by atoms with Gasteiger partial charge in [0.25, 0.3) is 0 Å². The van der Waals surface area contributed by atoms with Crippen LogP contribution < -0.4 is 5.11 Å². The van der Waals surface area contributed by atoms with Crippen LogP contribution in [0.25, 0.3) is 0 Å². The summed E-state index contributed by atoms with van der Waals surface area (Å²) in [6.07, 6.45) is 15.5. The van der Waals surface area contributed by atoms with Gasteiger partial charge in [-0.15, -0.1) is 0 Å². The van der Waals surface area contributed by atoms with Gasteiger partial charge in [0.2, 0.25) is 0 Å². The molecule has 0 aliphatic carbocycles. The Kier molecular flexibility index (Phi) is 18.3. The van der Waals surface area contributed by atoms with Crippen molar-refractivity contribution in [1.82, 2.24) is 0 Å². The van der Waals surface area contributed by atoms with Crippen LogP contribution in [-0.2, 0) is 14.4 Å². The third kappa shape index (κ3) is 14.3. The van der Waals surface area contributed by atoms with Gasteiger partial charge < -0.3 is 24.6 Å². The highest BCUT2D eigenvalue weighted by Gasteiger charge is 2.39. The molecule has 3 unspecified atom stereocenters. The largest absolute Gasteiger partial charge is 0.550 e. The highest BCUT2D eigenvalue weighted by molar-refractivity contribution is 5.70. The topological polar surface area (TPSA) is 115 Å². The quantitative estimate of drug-likeness (QED) is 0.118. The standard InChI is InChI=1S/C28H51NO6/c1-5-9-10-11-12-13-14-15-16-17-18-19-29(20-23(6-2)26(30)31,21-24(7-3)27(32)33)22-25(8-4)28(34)35/h12-13,23-25H,5-11,14-22H2,1-4H3,(H2-,30,31,32,33,34,35)/b13-12+. The van der Waals surface area contributed by atoms with Gasteiger partial charge >= 0.3 is 11.9 Å². The molecule has 2 N–H and O–H groups in total. The molecule has 0 fully saturated rings. The predicted octanol–water partition coefficient (Wildman–Crippen LogP) is 4.89. The first-order valence-corrected chi connectivity index (χ1v) is 13.8. The summed E-state index contributed by atoms with van der Waals surface area (Å²) < 4.78 is 0.208.